The molecular formula is C28H29ClN4O3. The maximum atomic E-state index is 13.9. The van der Waals surface area contributed by atoms with Crippen molar-refractivity contribution in [3.05, 3.63) is 64.8 Å². The van der Waals surface area contributed by atoms with E-state index in [4.69, 9.17) is 21.6 Å². The van der Waals surface area contributed by atoms with Crippen LogP contribution in [-0.2, 0) is 28.0 Å². The lowest BCUT2D eigenvalue weighted by Gasteiger charge is -2.46. The van der Waals surface area contributed by atoms with Crippen LogP contribution < -0.4 is 4.90 Å². The van der Waals surface area contributed by atoms with Crippen LogP contribution in [-0.4, -0.2) is 40.2 Å². The summed E-state index contributed by atoms with van der Waals surface area (Å²) in [4.78, 5) is 30.0. The number of rotatable bonds is 5. The number of carbonyl (C=O) groups is 2. The van der Waals surface area contributed by atoms with Gasteiger partial charge in [-0.05, 0) is 63.1 Å². The molecule has 0 N–H and O–H groups in total. The van der Waals surface area contributed by atoms with Gasteiger partial charge in [-0.3, -0.25) is 4.79 Å². The van der Waals surface area contributed by atoms with E-state index in [1.54, 1.807) is 4.90 Å². The minimum atomic E-state index is -0.755. The number of anilines is 1. The van der Waals surface area contributed by atoms with Crippen LogP contribution in [0.4, 0.5) is 10.5 Å². The molecule has 5 rings (SSSR count). The largest absolute Gasteiger partial charge is 0.444 e. The fraction of sp³-hybridized carbons (Fsp3) is 0.393. The molecule has 3 aromatic rings. The van der Waals surface area contributed by atoms with Gasteiger partial charge in [-0.15, -0.1) is 0 Å². The van der Waals surface area contributed by atoms with Crippen LogP contribution in [0.15, 0.2) is 48.5 Å². The fourth-order valence-corrected chi connectivity index (χ4v) is 5.47. The summed E-state index contributed by atoms with van der Waals surface area (Å²) in [5.41, 5.74) is 2.48. The number of aromatic nitrogens is 1. The van der Waals surface area contributed by atoms with E-state index in [-0.39, 0.29) is 5.91 Å². The molecule has 1 aromatic heterocycles. The Morgan fingerprint density at radius 1 is 1.17 bits per heavy atom. The van der Waals surface area contributed by atoms with Gasteiger partial charge in [-0.2, -0.15) is 5.26 Å². The molecule has 2 aliphatic rings. The van der Waals surface area contributed by atoms with Gasteiger partial charge in [0.05, 0.1) is 12.6 Å². The lowest BCUT2D eigenvalue weighted by Crippen LogP contribution is -2.65. The Morgan fingerprint density at radius 2 is 1.92 bits per heavy atom. The van der Waals surface area contributed by atoms with Crippen molar-refractivity contribution in [3.8, 4) is 6.07 Å². The molecule has 186 valence electrons. The average Bonchev–Trinajstić information content (AvgIpc) is 3.24. The van der Waals surface area contributed by atoms with Crippen molar-refractivity contribution >= 4 is 40.2 Å². The highest BCUT2D eigenvalue weighted by atomic mass is 35.5. The smallest absolute Gasteiger partial charge is 0.410 e. The third-order valence-corrected chi connectivity index (χ3v) is 7.11. The maximum Gasteiger partial charge on any atom is 0.410 e. The molecule has 0 bridgehead atoms. The van der Waals surface area contributed by atoms with Crippen molar-refractivity contribution in [1.29, 1.82) is 5.26 Å². The molecule has 0 saturated carbocycles. The summed E-state index contributed by atoms with van der Waals surface area (Å²) in [7, 11) is 0. The van der Waals surface area contributed by atoms with Gasteiger partial charge in [0.25, 0.3) is 0 Å². The van der Waals surface area contributed by atoms with E-state index in [1.807, 2.05) is 68.1 Å². The van der Waals surface area contributed by atoms with Gasteiger partial charge in [0.1, 0.15) is 11.0 Å². The van der Waals surface area contributed by atoms with E-state index in [0.717, 1.165) is 34.3 Å². The topological polar surface area (TPSA) is 78.6 Å². The number of hydrogen-bond acceptors (Lipinski definition) is 4. The summed E-state index contributed by atoms with van der Waals surface area (Å²) in [6, 6.07) is 17.9. The molecule has 0 atom stereocenters. The van der Waals surface area contributed by atoms with E-state index in [2.05, 4.69) is 16.7 Å². The van der Waals surface area contributed by atoms with Crippen molar-refractivity contribution in [2.75, 3.05) is 18.0 Å². The normalized spacial score (nSPS) is 16.2. The van der Waals surface area contributed by atoms with Crippen LogP contribution in [0.5, 0.6) is 0 Å². The molecule has 8 heteroatoms. The molecule has 0 aliphatic carbocycles. The van der Waals surface area contributed by atoms with Crippen molar-refractivity contribution in [2.24, 2.45) is 0 Å². The van der Waals surface area contributed by atoms with Crippen molar-refractivity contribution in [2.45, 2.75) is 57.7 Å². The zero-order chi connectivity index (χ0) is 25.7. The third kappa shape index (κ3) is 4.10. The predicted molar refractivity (Wildman–Crippen MR) is 139 cm³/mol. The number of halogens is 1. The van der Waals surface area contributed by atoms with Gasteiger partial charge in [0.15, 0.2) is 0 Å². The number of aryl methyl sites for hydroxylation is 1. The first kappa shape index (κ1) is 24.2. The average molecular weight is 505 g/mol. The summed E-state index contributed by atoms with van der Waals surface area (Å²) in [6.45, 7) is 7.17. The molecule has 2 amide bonds. The molecule has 2 aromatic carbocycles. The Morgan fingerprint density at radius 3 is 2.64 bits per heavy atom. The van der Waals surface area contributed by atoms with E-state index >= 15 is 0 Å². The van der Waals surface area contributed by atoms with E-state index < -0.39 is 17.1 Å². The fourth-order valence-electron chi connectivity index (χ4n) is 5.29. The predicted octanol–water partition coefficient (Wildman–Crippen LogP) is 5.63. The zero-order valence-electron chi connectivity index (χ0n) is 20.8. The van der Waals surface area contributed by atoms with Gasteiger partial charge >= 0.3 is 6.09 Å². The highest BCUT2D eigenvalue weighted by molar-refractivity contribution is 6.31. The number of benzene rings is 2. The molecule has 1 saturated heterocycles. The summed E-state index contributed by atoms with van der Waals surface area (Å²) >= 11 is 6.25. The second-order valence-electron chi connectivity index (χ2n) is 10.6. The van der Waals surface area contributed by atoms with Crippen molar-refractivity contribution in [1.82, 2.24) is 9.47 Å². The Bertz CT molecular complexity index is 1390. The molecule has 1 fully saturated rings. The van der Waals surface area contributed by atoms with Crippen LogP contribution >= 0.6 is 11.6 Å². The molecular weight excluding hydrogens is 476 g/mol. The SMILES string of the molecule is CC(C)(C)OC(=O)N1CC2(C1)C(=O)N(Cc1cc3cc(Cl)ccc3n1CCCC#N)c1ccccc12. The molecule has 7 nitrogen and oxygen atoms in total. The Hall–Kier alpha value is -3.50. The van der Waals surface area contributed by atoms with Gasteiger partial charge in [0, 0.05) is 53.4 Å². The number of likely N-dealkylation sites (tertiary alicyclic amines) is 1. The number of unbranched alkanes of at least 4 members (excludes halogenated alkanes) is 1. The molecule has 2 aliphatic heterocycles. The van der Waals surface area contributed by atoms with Gasteiger partial charge in [-0.25, -0.2) is 4.79 Å². The second-order valence-corrected chi connectivity index (χ2v) is 11.0. The Balaban J connectivity index is 1.46. The molecule has 1 spiro atoms. The lowest BCUT2D eigenvalue weighted by atomic mass is 9.75. The third-order valence-electron chi connectivity index (χ3n) is 6.88. The number of nitrogens with zero attached hydrogens (tertiary/aromatic N) is 4. The number of amides is 2. The number of ether oxygens (including phenoxy) is 1. The van der Waals surface area contributed by atoms with Gasteiger partial charge in [0.2, 0.25) is 5.91 Å². The van der Waals surface area contributed by atoms with E-state index in [0.29, 0.717) is 37.6 Å². The Labute approximate surface area is 215 Å². The first-order valence-electron chi connectivity index (χ1n) is 12.2. The molecule has 3 heterocycles. The van der Waals surface area contributed by atoms with E-state index in [9.17, 15) is 9.59 Å². The summed E-state index contributed by atoms with van der Waals surface area (Å²) < 4.78 is 7.70. The minimum Gasteiger partial charge on any atom is -0.444 e. The maximum absolute atomic E-state index is 13.9. The summed E-state index contributed by atoms with van der Waals surface area (Å²) in [5, 5.41) is 10.7. The van der Waals surface area contributed by atoms with Crippen LogP contribution in [0.3, 0.4) is 0 Å². The number of nitriles is 1. The van der Waals surface area contributed by atoms with Crippen molar-refractivity contribution in [3.63, 3.8) is 0 Å². The van der Waals surface area contributed by atoms with Crippen LogP contribution in [0.1, 0.15) is 44.9 Å². The molecule has 36 heavy (non-hydrogen) atoms. The number of para-hydroxylation sites is 1. The van der Waals surface area contributed by atoms with Crippen LogP contribution in [0.2, 0.25) is 5.02 Å². The van der Waals surface area contributed by atoms with Gasteiger partial charge < -0.3 is 19.1 Å². The van der Waals surface area contributed by atoms with E-state index in [1.165, 1.54) is 0 Å². The zero-order valence-corrected chi connectivity index (χ0v) is 21.5. The highest BCUT2D eigenvalue weighted by Crippen LogP contribution is 2.48. The standard InChI is InChI=1S/C28H29ClN4O3/c1-27(2,3)36-26(35)31-17-28(18-31)22-8-4-5-9-24(22)33(25(28)34)16-21-15-19-14-20(29)10-11-23(19)32(21)13-7-6-12-30/h4-5,8-11,14-15H,6-7,13,16-18H2,1-3H3. The number of fused-ring (bicyclic) bond motifs is 3. The summed E-state index contributed by atoms with van der Waals surface area (Å²) in [6.07, 6.45) is 0.781. The van der Waals surface area contributed by atoms with Crippen LogP contribution in [0.25, 0.3) is 10.9 Å². The monoisotopic (exact) mass is 504 g/mol. The molecule has 0 radical (unpaired) electrons. The first-order chi connectivity index (χ1) is 17.1. The van der Waals surface area contributed by atoms with Crippen LogP contribution in [0, 0.1) is 11.3 Å². The first-order valence-corrected chi connectivity index (χ1v) is 12.5. The quantitative estimate of drug-likeness (QED) is 0.421. The summed E-state index contributed by atoms with van der Waals surface area (Å²) in [5.74, 6) is -0.00429. The number of carbonyl (C=O) groups excluding carboxylic acids is 2. The second kappa shape index (κ2) is 8.86. The number of hydrogen-bond donors (Lipinski definition) is 0. The minimum absolute atomic E-state index is 0.00429. The van der Waals surface area contributed by atoms with Crippen molar-refractivity contribution < 1.29 is 14.3 Å². The lowest BCUT2D eigenvalue weighted by molar-refractivity contribution is -0.129. The van der Waals surface area contributed by atoms with Gasteiger partial charge in [-0.1, -0.05) is 29.8 Å². The molecule has 0 unspecified atom stereocenters. The Kier molecular flexibility index (Phi) is 5.96. The highest BCUT2D eigenvalue weighted by Gasteiger charge is 2.59.